The predicted octanol–water partition coefficient (Wildman–Crippen LogP) is 3.70. The highest BCUT2D eigenvalue weighted by Gasteiger charge is 2.49. The maximum Gasteiger partial charge on any atom is 0.192 e. The van der Waals surface area contributed by atoms with Crippen molar-refractivity contribution >= 4 is 29.9 Å². The van der Waals surface area contributed by atoms with Gasteiger partial charge in [-0.05, 0) is 32.6 Å². The normalized spacial score (nSPS) is 24.1. The smallest absolute Gasteiger partial charge is 0.192 e. The molecule has 1 aromatic heterocycles. The van der Waals surface area contributed by atoms with Gasteiger partial charge in [0.1, 0.15) is 12.4 Å². The summed E-state index contributed by atoms with van der Waals surface area (Å²) in [4.78, 5) is 4.85. The van der Waals surface area contributed by atoms with Crippen molar-refractivity contribution in [1.29, 1.82) is 0 Å². The zero-order valence-corrected chi connectivity index (χ0v) is 21.0. The molecule has 0 radical (unpaired) electrons. The third-order valence-corrected chi connectivity index (χ3v) is 6.56. The Hall–Kier alpha value is -0.900. The summed E-state index contributed by atoms with van der Waals surface area (Å²) in [6.07, 6.45) is 8.72. The van der Waals surface area contributed by atoms with Gasteiger partial charge in [-0.15, -0.1) is 34.2 Å². The number of rotatable bonds is 8. The number of halogens is 1. The molecule has 3 rings (SSSR count). The molecular formula is C21H39IN6O. The predicted molar refractivity (Wildman–Crippen MR) is 128 cm³/mol. The second-order valence-corrected chi connectivity index (χ2v) is 8.98. The summed E-state index contributed by atoms with van der Waals surface area (Å²) in [5.41, 5.74) is 0.104. The SMILES string of the molecule is CCCCOC1CC(NC(=NCc2nnc(C)n2C)NC2CCCC2)C1(C)C.I. The first-order valence-corrected chi connectivity index (χ1v) is 11.0. The zero-order chi connectivity index (χ0) is 20.1. The molecule has 29 heavy (non-hydrogen) atoms. The van der Waals surface area contributed by atoms with Crippen LogP contribution in [-0.2, 0) is 18.3 Å². The molecule has 0 amide bonds. The molecule has 2 fully saturated rings. The van der Waals surface area contributed by atoms with Crippen LogP contribution in [-0.4, -0.2) is 45.5 Å². The number of unbranched alkanes of at least 4 members (excludes halogenated alkanes) is 1. The van der Waals surface area contributed by atoms with E-state index in [1.54, 1.807) is 0 Å². The van der Waals surface area contributed by atoms with Gasteiger partial charge in [-0.25, -0.2) is 4.99 Å². The largest absolute Gasteiger partial charge is 0.378 e. The minimum atomic E-state index is 0. The van der Waals surface area contributed by atoms with Crippen LogP contribution in [0, 0.1) is 12.3 Å². The molecule has 1 aromatic rings. The molecule has 0 aliphatic heterocycles. The monoisotopic (exact) mass is 518 g/mol. The van der Waals surface area contributed by atoms with Crippen molar-refractivity contribution in [3.63, 3.8) is 0 Å². The number of aryl methyl sites for hydroxylation is 1. The van der Waals surface area contributed by atoms with Gasteiger partial charge in [-0.1, -0.05) is 40.0 Å². The maximum absolute atomic E-state index is 6.10. The van der Waals surface area contributed by atoms with Gasteiger partial charge in [0.15, 0.2) is 11.8 Å². The van der Waals surface area contributed by atoms with E-state index in [0.29, 0.717) is 24.7 Å². The van der Waals surface area contributed by atoms with Crippen LogP contribution in [0.5, 0.6) is 0 Å². The number of nitrogens with one attached hydrogen (secondary N) is 2. The summed E-state index contributed by atoms with van der Waals surface area (Å²) in [5, 5.41) is 15.7. The Balaban J connectivity index is 0.00000300. The van der Waals surface area contributed by atoms with Crippen molar-refractivity contribution in [2.45, 2.75) is 97.4 Å². The summed E-state index contributed by atoms with van der Waals surface area (Å²) in [7, 11) is 1.99. The van der Waals surface area contributed by atoms with Crippen LogP contribution in [0.15, 0.2) is 4.99 Å². The Morgan fingerprint density at radius 3 is 2.55 bits per heavy atom. The van der Waals surface area contributed by atoms with Crippen molar-refractivity contribution in [2.75, 3.05) is 6.61 Å². The highest BCUT2D eigenvalue weighted by atomic mass is 127. The molecule has 0 spiro atoms. The van der Waals surface area contributed by atoms with Gasteiger partial charge >= 0.3 is 0 Å². The van der Waals surface area contributed by atoms with Crippen molar-refractivity contribution in [3.05, 3.63) is 11.6 Å². The second kappa shape index (κ2) is 10.9. The Labute approximate surface area is 192 Å². The molecule has 7 nitrogen and oxygen atoms in total. The van der Waals surface area contributed by atoms with Crippen LogP contribution in [0.25, 0.3) is 0 Å². The lowest BCUT2D eigenvalue weighted by atomic mass is 9.64. The molecule has 2 aliphatic carbocycles. The molecule has 8 heteroatoms. The Morgan fingerprint density at radius 1 is 1.24 bits per heavy atom. The van der Waals surface area contributed by atoms with E-state index >= 15 is 0 Å². The van der Waals surface area contributed by atoms with E-state index in [4.69, 9.17) is 9.73 Å². The molecule has 2 N–H and O–H groups in total. The maximum atomic E-state index is 6.10. The molecule has 2 atom stereocenters. The lowest BCUT2D eigenvalue weighted by molar-refractivity contribution is -0.113. The van der Waals surface area contributed by atoms with Crippen molar-refractivity contribution in [1.82, 2.24) is 25.4 Å². The third kappa shape index (κ3) is 6.06. The molecule has 0 bridgehead atoms. The highest BCUT2D eigenvalue weighted by Crippen LogP contribution is 2.42. The first-order chi connectivity index (χ1) is 13.4. The van der Waals surface area contributed by atoms with E-state index in [-0.39, 0.29) is 29.4 Å². The molecular weight excluding hydrogens is 479 g/mol. The van der Waals surface area contributed by atoms with Crippen LogP contribution >= 0.6 is 24.0 Å². The van der Waals surface area contributed by atoms with Crippen molar-refractivity contribution in [2.24, 2.45) is 17.5 Å². The van der Waals surface area contributed by atoms with E-state index in [1.165, 1.54) is 32.1 Å². The fourth-order valence-corrected chi connectivity index (χ4v) is 4.08. The minimum absolute atomic E-state index is 0. The van der Waals surface area contributed by atoms with Crippen LogP contribution in [0.2, 0.25) is 0 Å². The summed E-state index contributed by atoms with van der Waals surface area (Å²) >= 11 is 0. The van der Waals surface area contributed by atoms with E-state index in [0.717, 1.165) is 37.1 Å². The minimum Gasteiger partial charge on any atom is -0.378 e. The van der Waals surface area contributed by atoms with Crippen LogP contribution in [0.4, 0.5) is 0 Å². The van der Waals surface area contributed by atoms with Crippen LogP contribution in [0.1, 0.15) is 77.4 Å². The first-order valence-electron chi connectivity index (χ1n) is 11.0. The highest BCUT2D eigenvalue weighted by molar-refractivity contribution is 14.0. The van der Waals surface area contributed by atoms with Crippen LogP contribution < -0.4 is 10.6 Å². The second-order valence-electron chi connectivity index (χ2n) is 8.98. The number of guanidine groups is 1. The summed E-state index contributed by atoms with van der Waals surface area (Å²) in [6.45, 7) is 10.2. The van der Waals surface area contributed by atoms with Gasteiger partial charge in [0.25, 0.3) is 0 Å². The third-order valence-electron chi connectivity index (χ3n) is 6.56. The average molecular weight is 518 g/mol. The van der Waals surface area contributed by atoms with Gasteiger partial charge in [-0.2, -0.15) is 0 Å². The molecule has 2 unspecified atom stereocenters. The van der Waals surface area contributed by atoms with Crippen LogP contribution in [0.3, 0.4) is 0 Å². The van der Waals surface area contributed by atoms with E-state index in [9.17, 15) is 0 Å². The lowest BCUT2D eigenvalue weighted by Crippen LogP contribution is -2.64. The topological polar surface area (TPSA) is 76.4 Å². The van der Waals surface area contributed by atoms with E-state index < -0.39 is 0 Å². The molecule has 2 saturated carbocycles. The van der Waals surface area contributed by atoms with Gasteiger partial charge in [-0.3, -0.25) is 0 Å². The Kier molecular flexibility index (Phi) is 9.18. The molecule has 166 valence electrons. The summed E-state index contributed by atoms with van der Waals surface area (Å²) in [6, 6.07) is 0.889. The van der Waals surface area contributed by atoms with Gasteiger partial charge in [0.05, 0.1) is 6.10 Å². The molecule has 2 aliphatic rings. The Morgan fingerprint density at radius 2 is 1.97 bits per heavy atom. The number of aromatic nitrogens is 3. The van der Waals surface area contributed by atoms with Crippen molar-refractivity contribution < 1.29 is 4.74 Å². The fraction of sp³-hybridized carbons (Fsp3) is 0.857. The quantitative estimate of drug-likeness (QED) is 0.238. The number of hydrogen-bond acceptors (Lipinski definition) is 4. The molecule has 0 aromatic carbocycles. The number of hydrogen-bond donors (Lipinski definition) is 2. The zero-order valence-electron chi connectivity index (χ0n) is 18.7. The van der Waals surface area contributed by atoms with Gasteiger partial charge in [0.2, 0.25) is 0 Å². The first kappa shape index (κ1) is 24.4. The molecule has 0 saturated heterocycles. The van der Waals surface area contributed by atoms with Crippen molar-refractivity contribution in [3.8, 4) is 0 Å². The van der Waals surface area contributed by atoms with Gasteiger partial charge < -0.3 is 19.9 Å². The number of nitrogens with zero attached hydrogens (tertiary/aromatic N) is 4. The number of ether oxygens (including phenoxy) is 1. The average Bonchev–Trinajstić information content (AvgIpc) is 3.29. The standard InChI is InChI=1S/C21H38N6O.HI/c1-6-7-12-28-18-13-17(21(18,3)4)24-20(23-16-10-8-9-11-16)22-14-19-26-25-15(2)27(19)5;/h16-18H,6-14H2,1-5H3,(H2,22,23,24);1H. The van der Waals surface area contributed by atoms with Gasteiger partial charge in [0, 0.05) is 31.2 Å². The molecule has 1 heterocycles. The summed E-state index contributed by atoms with van der Waals surface area (Å²) in [5.74, 6) is 2.70. The van der Waals surface area contributed by atoms with E-state index in [2.05, 4.69) is 41.6 Å². The number of aliphatic imine (C=N–C) groups is 1. The fourth-order valence-electron chi connectivity index (χ4n) is 4.08. The Bertz CT molecular complexity index is 668. The summed E-state index contributed by atoms with van der Waals surface area (Å²) < 4.78 is 8.11. The lowest BCUT2D eigenvalue weighted by Gasteiger charge is -2.52. The van der Waals surface area contributed by atoms with E-state index in [1.807, 2.05) is 18.5 Å².